The summed E-state index contributed by atoms with van der Waals surface area (Å²) in [5.74, 6) is 1.42. The third-order valence-electron chi connectivity index (χ3n) is 8.04. The fraction of sp³-hybridized carbons (Fsp3) is 0.533. The van der Waals surface area contributed by atoms with E-state index < -0.39 is 0 Å². The standard InChI is InChI=1S/C30H36Br2N4S4/c1-5-9-11-17(7-3)13-19-15-21(37-29(19)31)23-25-27(35-39-33-25)24(28-26(23)34-40-36-28)22-16-20(30(32)38-22)14-18(8-4)12-10-6-2/h15-18H,5-14H2,1-4H3. The zero-order valence-electron chi connectivity index (χ0n) is 23.6. The Hall–Kier alpha value is -0.780. The van der Waals surface area contributed by atoms with Crippen molar-refractivity contribution in [2.24, 2.45) is 20.6 Å². The number of aromatic nitrogens is 2. The first-order valence-corrected chi connectivity index (χ1v) is 19.1. The van der Waals surface area contributed by atoms with Gasteiger partial charge in [0.15, 0.2) is 0 Å². The molecular weight excluding hydrogens is 704 g/mol. The number of hydrogen-bond donors (Lipinski definition) is 0. The molecule has 0 saturated heterocycles. The normalized spacial score (nSPS) is 14.2. The summed E-state index contributed by atoms with van der Waals surface area (Å²) in [7, 11) is 0. The van der Waals surface area contributed by atoms with Crippen LogP contribution in [0.2, 0.25) is 0 Å². The molecule has 0 N–H and O–H groups in total. The molecule has 4 aromatic rings. The molecule has 5 rings (SSSR count). The van der Waals surface area contributed by atoms with E-state index in [-0.39, 0.29) is 0 Å². The van der Waals surface area contributed by atoms with Crippen LogP contribution in [0.1, 0.15) is 90.2 Å². The molecular formula is C30H36Br2N4S4. The average molecular weight is 741 g/mol. The predicted molar refractivity (Wildman–Crippen MR) is 185 cm³/mol. The van der Waals surface area contributed by atoms with Gasteiger partial charge in [-0.05, 0) is 79.8 Å². The first-order valence-electron chi connectivity index (χ1n) is 14.5. The highest BCUT2D eigenvalue weighted by Gasteiger charge is 2.29. The van der Waals surface area contributed by atoms with Gasteiger partial charge in [0.25, 0.3) is 0 Å². The minimum atomic E-state index is 0.712. The van der Waals surface area contributed by atoms with Gasteiger partial charge in [0.2, 0.25) is 0 Å². The lowest BCUT2D eigenvalue weighted by Gasteiger charge is -2.13. The van der Waals surface area contributed by atoms with Crippen LogP contribution in [0, 0.1) is 11.8 Å². The fourth-order valence-electron chi connectivity index (χ4n) is 5.57. The summed E-state index contributed by atoms with van der Waals surface area (Å²) in [6.45, 7) is 9.19. The largest absolute Gasteiger partial charge is 0.172 e. The molecule has 4 nitrogen and oxygen atoms in total. The molecule has 214 valence electrons. The van der Waals surface area contributed by atoms with Crippen molar-refractivity contribution in [1.82, 2.24) is 8.75 Å². The van der Waals surface area contributed by atoms with Crippen LogP contribution in [0.3, 0.4) is 0 Å². The summed E-state index contributed by atoms with van der Waals surface area (Å²) in [6.07, 6.45) is 12.3. The van der Waals surface area contributed by atoms with Crippen LogP contribution in [0.5, 0.6) is 0 Å². The molecule has 1 aliphatic rings. The van der Waals surface area contributed by atoms with E-state index in [0.29, 0.717) is 11.8 Å². The second kappa shape index (κ2) is 14.1. The number of halogens is 2. The van der Waals surface area contributed by atoms with Crippen LogP contribution in [0.15, 0.2) is 28.4 Å². The number of rotatable bonds is 14. The van der Waals surface area contributed by atoms with Crippen LogP contribution in [0.4, 0.5) is 11.4 Å². The van der Waals surface area contributed by atoms with Gasteiger partial charge in [-0.25, -0.2) is 0 Å². The smallest absolute Gasteiger partial charge is 0.116 e. The Morgan fingerprint density at radius 3 is 1.55 bits per heavy atom. The molecule has 0 radical (unpaired) electrons. The molecule has 1 aromatic carbocycles. The second-order valence-electron chi connectivity index (χ2n) is 10.7. The number of benzene rings is 1. The molecule has 0 amide bonds. The van der Waals surface area contributed by atoms with E-state index in [4.69, 9.17) is 17.5 Å². The van der Waals surface area contributed by atoms with E-state index in [0.717, 1.165) is 46.4 Å². The topological polar surface area (TPSA) is 50.5 Å². The molecule has 2 unspecified atom stereocenters. The van der Waals surface area contributed by atoms with Gasteiger partial charge < -0.3 is 0 Å². The van der Waals surface area contributed by atoms with Crippen molar-refractivity contribution >= 4 is 100 Å². The van der Waals surface area contributed by atoms with E-state index in [2.05, 4.69) is 71.7 Å². The molecule has 0 spiro atoms. The summed E-state index contributed by atoms with van der Waals surface area (Å²) in [4.78, 5) is 2.40. The minimum absolute atomic E-state index is 0.712. The lowest BCUT2D eigenvalue weighted by molar-refractivity contribution is 0.449. The highest BCUT2D eigenvalue weighted by molar-refractivity contribution is 9.11. The lowest BCUT2D eigenvalue weighted by Crippen LogP contribution is -2.02. The summed E-state index contributed by atoms with van der Waals surface area (Å²) in [5.41, 5.74) is 8.71. The van der Waals surface area contributed by atoms with E-state index in [1.807, 2.05) is 0 Å². The highest BCUT2D eigenvalue weighted by atomic mass is 79.9. The highest BCUT2D eigenvalue weighted by Crippen LogP contribution is 2.55. The van der Waals surface area contributed by atoms with Crippen LogP contribution in [-0.2, 0) is 24.2 Å². The van der Waals surface area contributed by atoms with E-state index >= 15 is 0 Å². The van der Waals surface area contributed by atoms with Gasteiger partial charge in [-0.3, -0.25) is 0 Å². The van der Waals surface area contributed by atoms with Crippen molar-refractivity contribution in [3.05, 3.63) is 30.8 Å². The molecule has 0 aliphatic carbocycles. The maximum Gasteiger partial charge on any atom is 0.116 e. The molecule has 2 atom stereocenters. The molecule has 1 aliphatic heterocycles. The molecule has 4 heterocycles. The molecule has 3 aromatic heterocycles. The lowest BCUT2D eigenvalue weighted by atomic mass is 9.92. The van der Waals surface area contributed by atoms with Crippen LogP contribution in [0.25, 0.3) is 31.9 Å². The Balaban J connectivity index is 1.54. The molecule has 10 heteroatoms. The maximum absolute atomic E-state index is 4.84. The zero-order chi connectivity index (χ0) is 28.2. The van der Waals surface area contributed by atoms with Crippen molar-refractivity contribution in [3.63, 3.8) is 0 Å². The molecule has 0 fully saturated rings. The zero-order valence-corrected chi connectivity index (χ0v) is 30.0. The predicted octanol–water partition coefficient (Wildman–Crippen LogP) is 12.9. The van der Waals surface area contributed by atoms with Crippen LogP contribution >= 0.6 is 66.3 Å². The van der Waals surface area contributed by atoms with Crippen molar-refractivity contribution < 1.29 is 0 Å². The number of unbranched alkanes of at least 4 members (excludes halogenated alkanes) is 2. The Morgan fingerprint density at radius 2 is 1.15 bits per heavy atom. The first-order chi connectivity index (χ1) is 19.5. The third kappa shape index (κ3) is 6.42. The number of nitrogens with zero attached hydrogens (tertiary/aromatic N) is 4. The SMILES string of the molecule is CCCCC(CC)Cc1cc(-c2c3c(c(-c4cc(CC(CC)CCCC)c(Br)s4)c4nsnc24)N=S=N3)sc1Br. The van der Waals surface area contributed by atoms with E-state index in [1.165, 1.54) is 103 Å². The third-order valence-corrected chi connectivity index (χ3v) is 13.0. The second-order valence-corrected chi connectivity index (χ2v) is 16.5. The van der Waals surface area contributed by atoms with Gasteiger partial charge in [-0.15, -0.1) is 22.7 Å². The van der Waals surface area contributed by atoms with Crippen molar-refractivity contribution in [1.29, 1.82) is 0 Å². The monoisotopic (exact) mass is 738 g/mol. The van der Waals surface area contributed by atoms with Gasteiger partial charge in [0.1, 0.15) is 22.4 Å². The van der Waals surface area contributed by atoms with Gasteiger partial charge >= 0.3 is 0 Å². The minimum Gasteiger partial charge on any atom is -0.172 e. The summed E-state index contributed by atoms with van der Waals surface area (Å²) >= 11 is 14.0. The van der Waals surface area contributed by atoms with Gasteiger partial charge in [-0.1, -0.05) is 79.1 Å². The van der Waals surface area contributed by atoms with Crippen molar-refractivity contribution in [3.8, 4) is 20.9 Å². The van der Waals surface area contributed by atoms with Gasteiger partial charge in [0, 0.05) is 20.9 Å². The van der Waals surface area contributed by atoms with Gasteiger partial charge in [0.05, 0.1) is 30.7 Å². The Kier molecular flexibility index (Phi) is 10.8. The van der Waals surface area contributed by atoms with Crippen molar-refractivity contribution in [2.45, 2.75) is 91.9 Å². The van der Waals surface area contributed by atoms with E-state index in [9.17, 15) is 0 Å². The average Bonchev–Trinajstić information content (AvgIpc) is 3.75. The number of thiophene rings is 2. The van der Waals surface area contributed by atoms with Crippen LogP contribution in [-0.4, -0.2) is 8.75 Å². The Morgan fingerprint density at radius 1 is 0.700 bits per heavy atom. The fourth-order valence-corrected chi connectivity index (χ4v) is 10.2. The molecule has 0 bridgehead atoms. The summed E-state index contributed by atoms with van der Waals surface area (Å²) in [5, 5.41) is 0. The summed E-state index contributed by atoms with van der Waals surface area (Å²) in [6, 6.07) is 4.72. The van der Waals surface area contributed by atoms with Gasteiger partial charge in [-0.2, -0.15) is 17.5 Å². The maximum atomic E-state index is 4.84. The van der Waals surface area contributed by atoms with E-state index in [1.54, 1.807) is 22.7 Å². The quantitative estimate of drug-likeness (QED) is 0.114. The number of hydrogen-bond acceptors (Lipinski definition) is 7. The summed E-state index contributed by atoms with van der Waals surface area (Å²) < 4.78 is 21.8. The molecule has 0 saturated carbocycles. The van der Waals surface area contributed by atoms with Crippen LogP contribution < -0.4 is 0 Å². The first kappa shape index (κ1) is 30.7. The Labute approximate surface area is 270 Å². The number of fused-ring (bicyclic) bond motifs is 2. The van der Waals surface area contributed by atoms with Crippen molar-refractivity contribution in [2.75, 3.05) is 0 Å². The Bertz CT molecular complexity index is 1440. The molecule has 40 heavy (non-hydrogen) atoms.